The van der Waals surface area contributed by atoms with Crippen LogP contribution in [0.3, 0.4) is 0 Å². The number of benzene rings is 1. The van der Waals surface area contributed by atoms with Crippen molar-refractivity contribution in [1.82, 2.24) is 14.7 Å². The lowest BCUT2D eigenvalue weighted by Gasteiger charge is -2.26. The Morgan fingerprint density at radius 1 is 1.08 bits per heavy atom. The number of rotatable bonds is 6. The molecule has 2 atom stereocenters. The summed E-state index contributed by atoms with van der Waals surface area (Å²) in [5.74, 6) is 0.617. The predicted molar refractivity (Wildman–Crippen MR) is 104 cm³/mol. The Bertz CT molecular complexity index is 581. The third kappa shape index (κ3) is 4.84. The summed E-state index contributed by atoms with van der Waals surface area (Å²) in [7, 11) is 4.08. The molecule has 2 saturated heterocycles. The first-order valence-corrected chi connectivity index (χ1v) is 9.93. The maximum Gasteiger partial charge on any atom is 0.253 e. The van der Waals surface area contributed by atoms with Crippen molar-refractivity contribution in [2.24, 2.45) is 11.8 Å². The Hall–Kier alpha value is -1.43. The van der Waals surface area contributed by atoms with Crippen LogP contribution in [0.4, 0.5) is 0 Å². The van der Waals surface area contributed by atoms with Crippen molar-refractivity contribution in [3.05, 3.63) is 35.4 Å². The average molecular weight is 360 g/mol. The number of hydrogen-bond donors (Lipinski definition) is 1. The summed E-state index contributed by atoms with van der Waals surface area (Å²) in [6, 6.07) is 8.13. The molecule has 3 rings (SSSR count). The Balaban J connectivity index is 1.59. The summed E-state index contributed by atoms with van der Waals surface area (Å²) < 4.78 is 0. The highest BCUT2D eigenvalue weighted by atomic mass is 16.3. The maximum atomic E-state index is 12.9. The quantitative estimate of drug-likeness (QED) is 0.843. The van der Waals surface area contributed by atoms with Gasteiger partial charge >= 0.3 is 0 Å². The van der Waals surface area contributed by atoms with E-state index in [1.807, 2.05) is 31.1 Å². The molecular formula is C21H33N3O2. The van der Waals surface area contributed by atoms with Gasteiger partial charge in [0.25, 0.3) is 5.91 Å². The summed E-state index contributed by atoms with van der Waals surface area (Å²) in [5.41, 5.74) is 2.04. The highest BCUT2D eigenvalue weighted by Crippen LogP contribution is 2.25. The molecule has 1 amide bonds. The van der Waals surface area contributed by atoms with Gasteiger partial charge in [0, 0.05) is 44.3 Å². The Labute approximate surface area is 157 Å². The second-order valence-corrected chi connectivity index (χ2v) is 8.21. The number of carbonyl (C=O) groups excluding carboxylic acids is 1. The number of aliphatic hydroxyl groups excluding tert-OH is 1. The molecule has 1 N–H and O–H groups in total. The minimum atomic E-state index is 0.0919. The van der Waals surface area contributed by atoms with Gasteiger partial charge < -0.3 is 14.9 Å². The normalized spacial score (nSPS) is 24.4. The lowest BCUT2D eigenvalue weighted by atomic mass is 9.97. The van der Waals surface area contributed by atoms with E-state index in [2.05, 4.69) is 21.9 Å². The van der Waals surface area contributed by atoms with Crippen LogP contribution in [0.15, 0.2) is 24.3 Å². The lowest BCUT2D eigenvalue weighted by Crippen LogP contribution is -2.31. The Morgan fingerprint density at radius 3 is 2.35 bits per heavy atom. The first-order valence-electron chi connectivity index (χ1n) is 9.93. The standard InChI is InChI=1S/C21H33N3O2/c1-22(2)13-19-14-24(15-20(19)16-25)21(26)18-8-6-17(7-9-18)12-23-10-4-3-5-11-23/h6-9,19-20,25H,3-5,10-16H2,1-2H3/t19-,20-/m1/s1. The van der Waals surface area contributed by atoms with E-state index in [0.717, 1.165) is 25.2 Å². The SMILES string of the molecule is CN(C)C[C@@H]1CN(C(=O)c2ccc(CN3CCCCC3)cc2)C[C@@H]1CO. The third-order valence-electron chi connectivity index (χ3n) is 5.75. The van der Waals surface area contributed by atoms with E-state index >= 15 is 0 Å². The van der Waals surface area contributed by atoms with Gasteiger partial charge in [-0.05, 0) is 63.6 Å². The number of aliphatic hydroxyl groups is 1. The monoisotopic (exact) mass is 359 g/mol. The fourth-order valence-corrected chi connectivity index (χ4v) is 4.30. The lowest BCUT2D eigenvalue weighted by molar-refractivity contribution is 0.0779. The second-order valence-electron chi connectivity index (χ2n) is 8.21. The van der Waals surface area contributed by atoms with Crippen molar-refractivity contribution < 1.29 is 9.90 Å². The first-order chi connectivity index (χ1) is 12.6. The topological polar surface area (TPSA) is 47.0 Å². The molecule has 144 valence electrons. The van der Waals surface area contributed by atoms with Gasteiger partial charge in [0.2, 0.25) is 0 Å². The van der Waals surface area contributed by atoms with Crippen molar-refractivity contribution in [2.75, 3.05) is 53.4 Å². The van der Waals surface area contributed by atoms with Crippen LogP contribution in [0.25, 0.3) is 0 Å². The van der Waals surface area contributed by atoms with Gasteiger partial charge in [-0.2, -0.15) is 0 Å². The molecule has 0 unspecified atom stereocenters. The molecule has 0 saturated carbocycles. The fraction of sp³-hybridized carbons (Fsp3) is 0.667. The molecule has 0 radical (unpaired) electrons. The number of piperidine rings is 1. The molecule has 2 aliphatic heterocycles. The van der Waals surface area contributed by atoms with Crippen molar-refractivity contribution >= 4 is 5.91 Å². The van der Waals surface area contributed by atoms with Gasteiger partial charge in [0.15, 0.2) is 0 Å². The van der Waals surface area contributed by atoms with Gasteiger partial charge in [-0.25, -0.2) is 0 Å². The number of carbonyl (C=O) groups is 1. The summed E-state index contributed by atoms with van der Waals surface area (Å²) in [4.78, 5) is 19.4. The summed E-state index contributed by atoms with van der Waals surface area (Å²) in [6.45, 7) is 5.80. The molecule has 5 heteroatoms. The van der Waals surface area contributed by atoms with Crippen LogP contribution in [0, 0.1) is 11.8 Å². The van der Waals surface area contributed by atoms with E-state index < -0.39 is 0 Å². The van der Waals surface area contributed by atoms with E-state index in [1.165, 1.54) is 37.9 Å². The largest absolute Gasteiger partial charge is 0.396 e. The molecule has 1 aromatic carbocycles. The zero-order valence-electron chi connectivity index (χ0n) is 16.2. The molecule has 26 heavy (non-hydrogen) atoms. The number of hydrogen-bond acceptors (Lipinski definition) is 4. The van der Waals surface area contributed by atoms with Crippen molar-refractivity contribution in [1.29, 1.82) is 0 Å². The van der Waals surface area contributed by atoms with Crippen LogP contribution in [-0.4, -0.2) is 79.1 Å². The molecule has 2 heterocycles. The summed E-state index contributed by atoms with van der Waals surface area (Å²) >= 11 is 0. The molecule has 2 fully saturated rings. The molecule has 0 bridgehead atoms. The highest BCUT2D eigenvalue weighted by Gasteiger charge is 2.35. The molecule has 0 aromatic heterocycles. The molecule has 0 spiro atoms. The van der Waals surface area contributed by atoms with E-state index in [9.17, 15) is 9.90 Å². The minimum absolute atomic E-state index is 0.0919. The van der Waals surface area contributed by atoms with Crippen LogP contribution < -0.4 is 0 Å². The number of nitrogens with zero attached hydrogens (tertiary/aromatic N) is 3. The van der Waals surface area contributed by atoms with Crippen LogP contribution in [0.5, 0.6) is 0 Å². The highest BCUT2D eigenvalue weighted by molar-refractivity contribution is 5.94. The molecular weight excluding hydrogens is 326 g/mol. The Kier molecular flexibility index (Phi) is 6.68. The van der Waals surface area contributed by atoms with E-state index in [0.29, 0.717) is 12.5 Å². The number of likely N-dealkylation sites (tertiary alicyclic amines) is 2. The van der Waals surface area contributed by atoms with Crippen LogP contribution in [-0.2, 0) is 6.54 Å². The van der Waals surface area contributed by atoms with E-state index in [-0.39, 0.29) is 18.4 Å². The summed E-state index contributed by atoms with van der Waals surface area (Å²) in [5, 5.41) is 9.65. The van der Waals surface area contributed by atoms with Gasteiger partial charge in [0.05, 0.1) is 0 Å². The maximum absolute atomic E-state index is 12.9. The van der Waals surface area contributed by atoms with Crippen LogP contribution in [0.2, 0.25) is 0 Å². The smallest absolute Gasteiger partial charge is 0.253 e. The molecule has 1 aromatic rings. The third-order valence-corrected chi connectivity index (χ3v) is 5.75. The molecule has 2 aliphatic rings. The molecule has 0 aliphatic carbocycles. The van der Waals surface area contributed by atoms with E-state index in [1.54, 1.807) is 0 Å². The minimum Gasteiger partial charge on any atom is -0.396 e. The zero-order chi connectivity index (χ0) is 18.5. The number of amides is 1. The van der Waals surface area contributed by atoms with Crippen LogP contribution in [0.1, 0.15) is 35.2 Å². The van der Waals surface area contributed by atoms with E-state index in [4.69, 9.17) is 0 Å². The predicted octanol–water partition coefficient (Wildman–Crippen LogP) is 1.91. The summed E-state index contributed by atoms with van der Waals surface area (Å²) in [6.07, 6.45) is 3.95. The zero-order valence-corrected chi connectivity index (χ0v) is 16.2. The first kappa shape index (κ1) is 19.3. The van der Waals surface area contributed by atoms with Crippen molar-refractivity contribution in [3.63, 3.8) is 0 Å². The fourth-order valence-electron chi connectivity index (χ4n) is 4.30. The van der Waals surface area contributed by atoms with Gasteiger partial charge in [-0.1, -0.05) is 18.6 Å². The van der Waals surface area contributed by atoms with Gasteiger partial charge in [-0.3, -0.25) is 9.69 Å². The second kappa shape index (κ2) is 8.98. The average Bonchev–Trinajstić information content (AvgIpc) is 3.05. The van der Waals surface area contributed by atoms with Crippen LogP contribution >= 0.6 is 0 Å². The van der Waals surface area contributed by atoms with Gasteiger partial charge in [0.1, 0.15) is 0 Å². The Morgan fingerprint density at radius 2 is 1.73 bits per heavy atom. The van der Waals surface area contributed by atoms with Gasteiger partial charge in [-0.15, -0.1) is 0 Å². The van der Waals surface area contributed by atoms with Crippen molar-refractivity contribution in [3.8, 4) is 0 Å². The van der Waals surface area contributed by atoms with Crippen molar-refractivity contribution in [2.45, 2.75) is 25.8 Å². The molecule has 5 nitrogen and oxygen atoms in total.